The van der Waals surface area contributed by atoms with Gasteiger partial charge in [-0.2, -0.15) is 0 Å². The third-order valence-electron chi connectivity index (χ3n) is 6.39. The summed E-state index contributed by atoms with van der Waals surface area (Å²) in [5.74, 6) is -2.13. The summed E-state index contributed by atoms with van der Waals surface area (Å²) in [5, 5.41) is 0. The van der Waals surface area contributed by atoms with Gasteiger partial charge in [0.2, 0.25) is 11.8 Å². The molecule has 7 nitrogen and oxygen atoms in total. The molecular formula is C23H25NO6. The quantitative estimate of drug-likeness (QED) is 0.296. The van der Waals surface area contributed by atoms with Gasteiger partial charge in [-0.25, -0.2) is 4.79 Å². The van der Waals surface area contributed by atoms with Gasteiger partial charge in [0.15, 0.2) is 12.4 Å². The van der Waals surface area contributed by atoms with Crippen LogP contribution in [0.5, 0.6) is 5.75 Å². The predicted molar refractivity (Wildman–Crippen MR) is 106 cm³/mol. The smallest absolute Gasteiger partial charge is 0.330 e. The van der Waals surface area contributed by atoms with Crippen molar-refractivity contribution in [3.8, 4) is 5.75 Å². The molecule has 2 fully saturated rings. The van der Waals surface area contributed by atoms with Crippen molar-refractivity contribution in [2.45, 2.75) is 26.3 Å². The van der Waals surface area contributed by atoms with E-state index in [1.165, 1.54) is 7.11 Å². The number of amides is 2. The highest BCUT2D eigenvalue weighted by atomic mass is 16.5. The van der Waals surface area contributed by atoms with Crippen LogP contribution in [0.3, 0.4) is 0 Å². The van der Waals surface area contributed by atoms with Gasteiger partial charge >= 0.3 is 5.97 Å². The lowest BCUT2D eigenvalue weighted by Gasteiger charge is -2.28. The van der Waals surface area contributed by atoms with Crippen LogP contribution in [0.15, 0.2) is 36.4 Å². The number of carbonyl (C=O) groups excluding carboxylic acids is 4. The summed E-state index contributed by atoms with van der Waals surface area (Å²) in [6.45, 7) is 3.06. The highest BCUT2D eigenvalue weighted by molar-refractivity contribution is 6.09. The zero-order valence-corrected chi connectivity index (χ0v) is 17.2. The molecule has 0 spiro atoms. The number of likely N-dealkylation sites (tertiary alicyclic amines) is 1. The van der Waals surface area contributed by atoms with Gasteiger partial charge in [0.25, 0.3) is 0 Å². The number of allylic oxidation sites excluding steroid dienone is 2. The van der Waals surface area contributed by atoms with Crippen LogP contribution in [-0.4, -0.2) is 48.2 Å². The minimum absolute atomic E-state index is 0.0694. The highest BCUT2D eigenvalue weighted by Gasteiger charge is 2.61. The van der Waals surface area contributed by atoms with Gasteiger partial charge in [-0.05, 0) is 36.3 Å². The minimum atomic E-state index is -1.03. The molecule has 2 amide bonds. The number of carbonyl (C=O) groups is 4. The summed E-state index contributed by atoms with van der Waals surface area (Å²) in [6, 6.07) is 5.52. The van der Waals surface area contributed by atoms with Crippen molar-refractivity contribution in [3.05, 3.63) is 42.0 Å². The number of hydrogen-bond donors (Lipinski definition) is 0. The number of Topliss-reactive ketones (excluding diaryl/α,β-unsaturated/α-hetero) is 1. The minimum Gasteiger partial charge on any atom is -0.497 e. The molecule has 1 saturated carbocycles. The first-order valence-electron chi connectivity index (χ1n) is 10.2. The van der Waals surface area contributed by atoms with Gasteiger partial charge in [-0.3, -0.25) is 19.3 Å². The van der Waals surface area contributed by atoms with Crippen LogP contribution in [0.2, 0.25) is 0 Å². The number of esters is 1. The number of ketones is 1. The molecule has 7 heteroatoms. The van der Waals surface area contributed by atoms with E-state index in [1.54, 1.807) is 38.1 Å². The molecule has 3 aliphatic rings. The van der Waals surface area contributed by atoms with E-state index in [2.05, 4.69) is 0 Å². The van der Waals surface area contributed by atoms with Crippen LogP contribution in [0.1, 0.15) is 30.6 Å². The monoisotopic (exact) mass is 411 g/mol. The molecule has 5 atom stereocenters. The molecule has 30 heavy (non-hydrogen) atoms. The maximum atomic E-state index is 13.1. The molecule has 2 aliphatic carbocycles. The SMILES string of the molecule is COc1cccc(C(=O)COC(=O)[C@H](C(C)C)N2C(=O)[C@@H]3[C@H](C2=O)[C@H]2C=C[C@H]3C2)c1. The first-order chi connectivity index (χ1) is 14.3. The second kappa shape index (κ2) is 7.70. The largest absolute Gasteiger partial charge is 0.497 e. The summed E-state index contributed by atoms with van der Waals surface area (Å²) < 4.78 is 10.4. The van der Waals surface area contributed by atoms with Gasteiger partial charge < -0.3 is 9.47 Å². The highest BCUT2D eigenvalue weighted by Crippen LogP contribution is 2.53. The van der Waals surface area contributed by atoms with E-state index in [0.29, 0.717) is 11.3 Å². The van der Waals surface area contributed by atoms with Gasteiger partial charge in [-0.1, -0.05) is 38.1 Å². The van der Waals surface area contributed by atoms with Crippen molar-refractivity contribution < 1.29 is 28.7 Å². The van der Waals surface area contributed by atoms with Crippen LogP contribution in [0.4, 0.5) is 0 Å². The van der Waals surface area contributed by atoms with Gasteiger partial charge in [0.05, 0.1) is 18.9 Å². The van der Waals surface area contributed by atoms with Crippen molar-refractivity contribution in [1.29, 1.82) is 0 Å². The van der Waals surface area contributed by atoms with Gasteiger partial charge in [0, 0.05) is 5.56 Å². The molecular weight excluding hydrogens is 386 g/mol. The molecule has 158 valence electrons. The molecule has 0 N–H and O–H groups in total. The summed E-state index contributed by atoms with van der Waals surface area (Å²) in [6.07, 6.45) is 4.85. The third kappa shape index (κ3) is 3.22. The summed E-state index contributed by atoms with van der Waals surface area (Å²) in [5.41, 5.74) is 0.355. The molecule has 4 rings (SSSR count). The number of rotatable bonds is 7. The van der Waals surface area contributed by atoms with Crippen LogP contribution in [0.25, 0.3) is 0 Å². The Bertz CT molecular complexity index is 905. The zero-order valence-electron chi connectivity index (χ0n) is 17.2. The molecule has 0 radical (unpaired) electrons. The Morgan fingerprint density at radius 3 is 2.30 bits per heavy atom. The number of benzene rings is 1. The van der Waals surface area contributed by atoms with Crippen molar-refractivity contribution in [3.63, 3.8) is 0 Å². The Kier molecular flexibility index (Phi) is 5.22. The Hall–Kier alpha value is -2.96. The fourth-order valence-electron chi connectivity index (χ4n) is 4.98. The molecule has 0 aromatic heterocycles. The number of fused-ring (bicyclic) bond motifs is 5. The van der Waals surface area contributed by atoms with Crippen LogP contribution in [-0.2, 0) is 19.1 Å². The van der Waals surface area contributed by atoms with Crippen LogP contribution in [0, 0.1) is 29.6 Å². The molecule has 1 saturated heterocycles. The topological polar surface area (TPSA) is 90.0 Å². The van der Waals surface area contributed by atoms with E-state index < -0.39 is 18.6 Å². The van der Waals surface area contributed by atoms with Crippen molar-refractivity contribution in [1.82, 2.24) is 4.90 Å². The van der Waals surface area contributed by atoms with Gasteiger partial charge in [0.1, 0.15) is 11.8 Å². The van der Waals surface area contributed by atoms with Gasteiger partial charge in [-0.15, -0.1) is 0 Å². The van der Waals surface area contributed by atoms with E-state index in [1.807, 2.05) is 12.2 Å². The zero-order chi connectivity index (χ0) is 21.6. The van der Waals surface area contributed by atoms with Crippen molar-refractivity contribution >= 4 is 23.6 Å². The summed E-state index contributed by atoms with van der Waals surface area (Å²) in [4.78, 5) is 52.5. The van der Waals surface area contributed by atoms with E-state index in [9.17, 15) is 19.2 Å². The number of methoxy groups -OCH3 is 1. The number of ether oxygens (including phenoxy) is 2. The first kappa shape index (κ1) is 20.3. The number of nitrogens with zero attached hydrogens (tertiary/aromatic N) is 1. The van der Waals surface area contributed by atoms with Crippen LogP contribution < -0.4 is 4.74 Å². The second-order valence-corrected chi connectivity index (χ2v) is 8.50. The summed E-state index contributed by atoms with van der Waals surface area (Å²) >= 11 is 0. The Labute approximate surface area is 175 Å². The molecule has 1 aromatic carbocycles. The molecule has 1 aromatic rings. The van der Waals surface area contributed by atoms with E-state index in [-0.39, 0.29) is 47.2 Å². The number of imide groups is 1. The number of hydrogen-bond acceptors (Lipinski definition) is 6. The first-order valence-corrected chi connectivity index (χ1v) is 10.2. The van der Waals surface area contributed by atoms with E-state index in [0.717, 1.165) is 11.3 Å². The fraction of sp³-hybridized carbons (Fsp3) is 0.478. The maximum absolute atomic E-state index is 13.1. The standard InChI is InChI=1S/C23H25NO6/c1-12(2)20(23(28)30-11-17(25)13-5-4-6-16(10-13)29-3)24-21(26)18-14-7-8-15(9-14)19(18)22(24)27/h4-8,10,12,14-15,18-20H,9,11H2,1-3H3/t14-,15-,18-,19+,20-/m0/s1. The molecule has 2 bridgehead atoms. The Morgan fingerprint density at radius 1 is 1.10 bits per heavy atom. The average molecular weight is 411 g/mol. The normalized spacial score (nSPS) is 27.5. The molecule has 0 unspecified atom stereocenters. The lowest BCUT2D eigenvalue weighted by molar-refractivity contribution is -0.160. The molecule has 1 aliphatic heterocycles. The van der Waals surface area contributed by atoms with Crippen molar-refractivity contribution in [2.75, 3.05) is 13.7 Å². The maximum Gasteiger partial charge on any atom is 0.330 e. The Balaban J connectivity index is 1.47. The summed E-state index contributed by atoms with van der Waals surface area (Å²) in [7, 11) is 1.50. The second-order valence-electron chi connectivity index (χ2n) is 8.50. The lowest BCUT2D eigenvalue weighted by Crippen LogP contribution is -2.50. The fourth-order valence-corrected chi connectivity index (χ4v) is 4.98. The van der Waals surface area contributed by atoms with E-state index in [4.69, 9.17) is 9.47 Å². The van der Waals surface area contributed by atoms with Crippen LogP contribution >= 0.6 is 0 Å². The average Bonchev–Trinajstić information content (AvgIpc) is 3.42. The lowest BCUT2D eigenvalue weighted by atomic mass is 9.85. The molecule has 1 heterocycles. The predicted octanol–water partition coefficient (Wildman–Crippen LogP) is 2.25. The third-order valence-corrected chi connectivity index (χ3v) is 6.39. The Morgan fingerprint density at radius 2 is 1.73 bits per heavy atom. The van der Waals surface area contributed by atoms with Crippen molar-refractivity contribution in [2.24, 2.45) is 29.6 Å². The van der Waals surface area contributed by atoms with E-state index >= 15 is 0 Å².